The lowest BCUT2D eigenvalue weighted by atomic mass is 9.93. The van der Waals surface area contributed by atoms with Crippen molar-refractivity contribution < 1.29 is 22.7 Å². The molecular weight excluding hydrogens is 568 g/mol. The van der Waals surface area contributed by atoms with Crippen molar-refractivity contribution in [3.63, 3.8) is 0 Å². The average Bonchev–Trinajstić information content (AvgIpc) is 2.87. The van der Waals surface area contributed by atoms with Crippen LogP contribution in [0.4, 0.5) is 5.69 Å². The Bertz CT molecular complexity index is 1410. The van der Waals surface area contributed by atoms with Crippen LogP contribution in [0, 0.1) is 13.8 Å². The van der Waals surface area contributed by atoms with Crippen LogP contribution in [0.15, 0.2) is 64.0 Å². The van der Waals surface area contributed by atoms with Crippen LogP contribution in [-0.4, -0.2) is 35.1 Å². The molecular formula is C29H35BrN2O5S. The summed E-state index contributed by atoms with van der Waals surface area (Å²) in [4.78, 5) is 13.3. The normalized spacial score (nSPS) is 12.2. The topological polar surface area (TPSA) is 84.9 Å². The number of anilines is 1. The highest BCUT2D eigenvalue weighted by molar-refractivity contribution is 9.10. The predicted molar refractivity (Wildman–Crippen MR) is 155 cm³/mol. The Labute approximate surface area is 234 Å². The van der Waals surface area contributed by atoms with Gasteiger partial charge in [-0.15, -0.1) is 0 Å². The van der Waals surface area contributed by atoms with E-state index in [2.05, 4.69) is 35.1 Å². The van der Waals surface area contributed by atoms with Gasteiger partial charge in [0.15, 0.2) is 0 Å². The maximum Gasteiger partial charge on any atom is 0.264 e. The quantitative estimate of drug-likeness (QED) is 0.295. The molecule has 9 heteroatoms. The molecule has 0 aliphatic heterocycles. The van der Waals surface area contributed by atoms with Crippen LogP contribution >= 0.6 is 15.9 Å². The minimum absolute atomic E-state index is 0.0409. The summed E-state index contributed by atoms with van der Waals surface area (Å²) in [7, 11) is -0.922. The summed E-state index contributed by atoms with van der Waals surface area (Å²) in [6, 6.07) is 15.2. The summed E-state index contributed by atoms with van der Waals surface area (Å²) in [6.07, 6.45) is 0. The highest BCUT2D eigenvalue weighted by atomic mass is 79.9. The Kier molecular flexibility index (Phi) is 9.49. The van der Waals surface area contributed by atoms with Gasteiger partial charge in [-0.05, 0) is 102 Å². The molecule has 0 aliphatic carbocycles. The summed E-state index contributed by atoms with van der Waals surface area (Å²) < 4.78 is 40.0. The van der Waals surface area contributed by atoms with Crippen LogP contribution in [0.5, 0.6) is 11.5 Å². The van der Waals surface area contributed by atoms with E-state index in [0.29, 0.717) is 15.9 Å². The highest BCUT2D eigenvalue weighted by Gasteiger charge is 2.29. The van der Waals surface area contributed by atoms with Crippen molar-refractivity contribution in [2.75, 3.05) is 25.1 Å². The lowest BCUT2D eigenvalue weighted by Gasteiger charge is -2.26. The number of sulfonamides is 1. The Morgan fingerprint density at radius 1 is 0.921 bits per heavy atom. The first-order chi connectivity index (χ1) is 17.9. The summed E-state index contributed by atoms with van der Waals surface area (Å²) in [5, 5.41) is 2.99. The monoisotopic (exact) mass is 602 g/mol. The molecule has 3 aromatic carbocycles. The zero-order valence-corrected chi connectivity index (χ0v) is 25.2. The van der Waals surface area contributed by atoms with Crippen molar-refractivity contribution in [2.45, 2.75) is 51.5 Å². The Morgan fingerprint density at radius 3 is 2.11 bits per heavy atom. The third-order valence-electron chi connectivity index (χ3n) is 6.40. The van der Waals surface area contributed by atoms with E-state index in [1.807, 2.05) is 45.0 Å². The maximum absolute atomic E-state index is 13.8. The molecule has 1 atom stereocenters. The molecule has 38 heavy (non-hydrogen) atoms. The zero-order chi connectivity index (χ0) is 28.2. The van der Waals surface area contributed by atoms with Crippen LogP contribution in [0.3, 0.4) is 0 Å². The minimum Gasteiger partial charge on any atom is -0.496 e. The molecule has 0 radical (unpaired) electrons. The minimum atomic E-state index is -4.07. The van der Waals surface area contributed by atoms with E-state index in [0.717, 1.165) is 32.3 Å². The largest absolute Gasteiger partial charge is 0.496 e. The molecule has 204 valence electrons. The molecule has 0 spiro atoms. The van der Waals surface area contributed by atoms with Gasteiger partial charge in [-0.25, -0.2) is 8.42 Å². The van der Waals surface area contributed by atoms with Crippen molar-refractivity contribution in [1.29, 1.82) is 0 Å². The number of hydrogen-bond acceptors (Lipinski definition) is 5. The number of amides is 1. The van der Waals surface area contributed by atoms with E-state index in [9.17, 15) is 13.2 Å². The Balaban J connectivity index is 1.94. The summed E-state index contributed by atoms with van der Waals surface area (Å²) in [5.74, 6) is 1.13. The van der Waals surface area contributed by atoms with Gasteiger partial charge in [0.05, 0.1) is 35.3 Å². The summed E-state index contributed by atoms with van der Waals surface area (Å²) >= 11 is 3.36. The fraction of sp³-hybridized carbons (Fsp3) is 0.345. The van der Waals surface area contributed by atoms with Gasteiger partial charge in [0.25, 0.3) is 10.0 Å². The van der Waals surface area contributed by atoms with E-state index in [4.69, 9.17) is 9.47 Å². The molecule has 0 fully saturated rings. The molecule has 0 saturated carbocycles. The number of carbonyl (C=O) groups is 1. The lowest BCUT2D eigenvalue weighted by molar-refractivity contribution is -0.120. The first kappa shape index (κ1) is 29.5. The SMILES string of the molecule is COc1ccc(S(=O)(=O)N(CC(=O)N[C@@H](C)c2cc(C(C)C)c(OC)cc2C)c2ccc(C)cc2)cc1Br. The second-order valence-electron chi connectivity index (χ2n) is 9.54. The number of aryl methyl sites for hydroxylation is 2. The van der Waals surface area contributed by atoms with Gasteiger partial charge in [-0.2, -0.15) is 0 Å². The van der Waals surface area contributed by atoms with Gasteiger partial charge in [0.1, 0.15) is 18.0 Å². The van der Waals surface area contributed by atoms with Gasteiger partial charge in [-0.3, -0.25) is 9.10 Å². The van der Waals surface area contributed by atoms with Crippen molar-refractivity contribution >= 4 is 37.5 Å². The third kappa shape index (κ3) is 6.50. The molecule has 0 bridgehead atoms. The zero-order valence-electron chi connectivity index (χ0n) is 22.8. The first-order valence-corrected chi connectivity index (χ1v) is 14.5. The lowest BCUT2D eigenvalue weighted by Crippen LogP contribution is -2.41. The van der Waals surface area contributed by atoms with Crippen LogP contribution < -0.4 is 19.1 Å². The van der Waals surface area contributed by atoms with Crippen molar-refractivity contribution in [2.24, 2.45) is 0 Å². The molecule has 3 rings (SSSR count). The fourth-order valence-corrected chi connectivity index (χ4v) is 6.41. The molecule has 0 heterocycles. The molecule has 0 aliphatic rings. The molecule has 0 unspecified atom stereocenters. The number of ether oxygens (including phenoxy) is 2. The number of benzene rings is 3. The van der Waals surface area contributed by atoms with E-state index in [-0.39, 0.29) is 23.4 Å². The molecule has 7 nitrogen and oxygen atoms in total. The maximum atomic E-state index is 13.8. The Morgan fingerprint density at radius 2 is 1.55 bits per heavy atom. The van der Waals surface area contributed by atoms with E-state index in [1.165, 1.54) is 19.2 Å². The highest BCUT2D eigenvalue weighted by Crippen LogP contribution is 2.33. The van der Waals surface area contributed by atoms with Gasteiger partial charge < -0.3 is 14.8 Å². The Hall–Kier alpha value is -3.04. The van der Waals surface area contributed by atoms with Crippen molar-refractivity contribution in [3.8, 4) is 11.5 Å². The second-order valence-corrected chi connectivity index (χ2v) is 12.3. The van der Waals surface area contributed by atoms with Gasteiger partial charge in [0, 0.05) is 0 Å². The molecule has 1 amide bonds. The molecule has 0 aromatic heterocycles. The van der Waals surface area contributed by atoms with Gasteiger partial charge >= 0.3 is 0 Å². The number of methoxy groups -OCH3 is 2. The number of hydrogen-bond donors (Lipinski definition) is 1. The fourth-order valence-electron chi connectivity index (χ4n) is 4.27. The van der Waals surface area contributed by atoms with E-state index < -0.39 is 15.9 Å². The summed E-state index contributed by atoms with van der Waals surface area (Å²) in [6.45, 7) is 9.56. The second kappa shape index (κ2) is 12.2. The van der Waals surface area contributed by atoms with E-state index >= 15 is 0 Å². The number of rotatable bonds is 10. The van der Waals surface area contributed by atoms with Crippen LogP contribution in [0.1, 0.15) is 55.0 Å². The average molecular weight is 604 g/mol. The van der Waals surface area contributed by atoms with Crippen LogP contribution in [0.2, 0.25) is 0 Å². The molecule has 1 N–H and O–H groups in total. The van der Waals surface area contributed by atoms with Crippen LogP contribution in [-0.2, 0) is 14.8 Å². The number of carbonyl (C=O) groups excluding carboxylic acids is 1. The number of nitrogens with one attached hydrogen (secondary N) is 1. The van der Waals surface area contributed by atoms with Crippen molar-refractivity contribution in [3.05, 3.63) is 81.3 Å². The number of nitrogens with zero attached hydrogens (tertiary/aromatic N) is 1. The number of halogens is 1. The van der Waals surface area contributed by atoms with Crippen molar-refractivity contribution in [1.82, 2.24) is 5.32 Å². The standard InChI is InChI=1S/C29H35BrN2O5S/c1-18(2)24-16-25(20(4)14-28(24)37-7)21(5)31-29(33)17-32(22-10-8-19(3)9-11-22)38(34,35)23-12-13-27(36-6)26(30)15-23/h8-16,18,21H,17H2,1-7H3,(H,31,33)/t21-/m0/s1. The summed E-state index contributed by atoms with van der Waals surface area (Å²) in [5.41, 5.74) is 4.35. The predicted octanol–water partition coefficient (Wildman–Crippen LogP) is 6.28. The van der Waals surface area contributed by atoms with Gasteiger partial charge in [-0.1, -0.05) is 31.5 Å². The smallest absolute Gasteiger partial charge is 0.264 e. The third-order valence-corrected chi connectivity index (χ3v) is 8.79. The molecule has 0 saturated heterocycles. The van der Waals surface area contributed by atoms with E-state index in [1.54, 1.807) is 25.3 Å². The van der Waals surface area contributed by atoms with Gasteiger partial charge in [0.2, 0.25) is 5.91 Å². The first-order valence-electron chi connectivity index (χ1n) is 12.3. The van der Waals surface area contributed by atoms with Crippen LogP contribution in [0.25, 0.3) is 0 Å². The molecule has 3 aromatic rings.